The fraction of sp³-hybridized carbons (Fsp3) is 0.173. The summed E-state index contributed by atoms with van der Waals surface area (Å²) in [6.45, 7) is 4.74. The van der Waals surface area contributed by atoms with Crippen LogP contribution in [0.15, 0.2) is 131 Å². The summed E-state index contributed by atoms with van der Waals surface area (Å²) < 4.78 is 30.2. The monoisotopic (exact) mass is 1050 g/mol. The van der Waals surface area contributed by atoms with E-state index in [1.165, 1.54) is 51.6 Å². The smallest absolute Gasteiger partial charge is 0.255 e. The standard InChI is InChI=1S/C26H20Cl3FN2O2.C22H11Cl3FNO2.C4H9NO/c27-21-2-1-3-22(28)26(21)32-24-9-15(11-31-12-16(13-31)14-33)8-20(19(24)6-7-25(32)34)18-5-4-17(30)10-23(18)29;23-17-2-1-3-18(24)22(17)27-20-9-12(11-28)8-16(15(20)6-7-21(27)29)14-5-4-13(26)10-19(14)25;6-3-4-1-5-2-4/h1-10,16,33H,11-14H2;1-11H;4-6H,1-3H2. The molecule has 10 rings (SSSR count). The summed E-state index contributed by atoms with van der Waals surface area (Å²) in [5.41, 5.74) is 4.90. The van der Waals surface area contributed by atoms with Gasteiger partial charge in [-0.2, -0.15) is 0 Å². The highest BCUT2D eigenvalue weighted by atomic mass is 35.5. The number of pyridine rings is 2. The van der Waals surface area contributed by atoms with Crippen LogP contribution in [0.3, 0.4) is 0 Å². The third-order valence-corrected chi connectivity index (χ3v) is 13.7. The van der Waals surface area contributed by atoms with Crippen molar-refractivity contribution in [1.82, 2.24) is 19.4 Å². The molecule has 0 atom stereocenters. The van der Waals surface area contributed by atoms with E-state index in [1.54, 1.807) is 66.7 Å². The van der Waals surface area contributed by atoms with Gasteiger partial charge in [0.15, 0.2) is 0 Å². The quantitative estimate of drug-likeness (QED) is 0.123. The number of aromatic nitrogens is 2. The molecule has 2 aliphatic heterocycles. The van der Waals surface area contributed by atoms with Crippen molar-refractivity contribution in [2.24, 2.45) is 11.8 Å². The summed E-state index contributed by atoms with van der Waals surface area (Å²) in [5, 5.41) is 23.9. The molecule has 3 N–H and O–H groups in total. The summed E-state index contributed by atoms with van der Waals surface area (Å²) in [7, 11) is 0. The van der Waals surface area contributed by atoms with Crippen LogP contribution in [0.5, 0.6) is 0 Å². The first-order valence-corrected chi connectivity index (χ1v) is 23.7. The van der Waals surface area contributed by atoms with Crippen LogP contribution in [0.25, 0.3) is 55.4 Å². The molecule has 0 saturated carbocycles. The first-order valence-electron chi connectivity index (χ1n) is 21.5. The fourth-order valence-electron chi connectivity index (χ4n) is 8.32. The molecule has 0 aliphatic carbocycles. The third kappa shape index (κ3) is 10.8. The molecule has 2 saturated heterocycles. The van der Waals surface area contributed by atoms with Crippen molar-refractivity contribution in [1.29, 1.82) is 0 Å². The molecule has 2 aliphatic rings. The number of halogens is 8. The highest BCUT2D eigenvalue weighted by molar-refractivity contribution is 6.39. The minimum Gasteiger partial charge on any atom is -0.396 e. The summed E-state index contributed by atoms with van der Waals surface area (Å²) in [6, 6.07) is 31.7. The SMILES string of the molecule is O=Cc1cc(-c2ccc(F)cc2Cl)c2ccc(=O)n(-c3c(Cl)cccc3Cl)c2c1.O=c1ccc2c(-c3ccc(F)cc3Cl)cc(CN3CC(CO)C3)cc2n1-c1c(Cl)cccc1Cl.OCC1CNC1. The first-order chi connectivity index (χ1) is 33.2. The molecule has 2 aromatic heterocycles. The van der Waals surface area contributed by atoms with E-state index in [-0.39, 0.29) is 43.7 Å². The van der Waals surface area contributed by atoms with Crippen LogP contribution >= 0.6 is 69.6 Å². The Morgan fingerprint density at radius 3 is 1.42 bits per heavy atom. The molecule has 0 unspecified atom stereocenters. The molecule has 0 radical (unpaired) electrons. The van der Waals surface area contributed by atoms with Crippen LogP contribution < -0.4 is 16.4 Å². The second kappa shape index (κ2) is 21.9. The van der Waals surface area contributed by atoms with Gasteiger partial charge in [0.25, 0.3) is 11.1 Å². The number of carbonyl (C=O) groups excluding carboxylic acids is 1. The van der Waals surface area contributed by atoms with Crippen molar-refractivity contribution in [3.63, 3.8) is 0 Å². The molecule has 17 heteroatoms. The molecule has 9 nitrogen and oxygen atoms in total. The van der Waals surface area contributed by atoms with Gasteiger partial charge in [-0.15, -0.1) is 0 Å². The number of hydrogen-bond acceptors (Lipinski definition) is 7. The van der Waals surface area contributed by atoms with Gasteiger partial charge in [-0.1, -0.05) is 81.7 Å². The molecule has 8 aromatic rings. The largest absolute Gasteiger partial charge is 0.396 e. The predicted octanol–water partition coefficient (Wildman–Crippen LogP) is 11.9. The number of nitrogens with zero attached hydrogens (tertiary/aromatic N) is 3. The Morgan fingerprint density at radius 2 is 1.01 bits per heavy atom. The van der Waals surface area contributed by atoms with Gasteiger partial charge in [0.05, 0.1) is 52.5 Å². The lowest BCUT2D eigenvalue weighted by atomic mass is 9.95. The number of likely N-dealkylation sites (tertiary alicyclic amines) is 1. The Morgan fingerprint density at radius 1 is 0.551 bits per heavy atom. The molecule has 69 heavy (non-hydrogen) atoms. The number of fused-ring (bicyclic) bond motifs is 2. The Labute approximate surface area is 424 Å². The van der Waals surface area contributed by atoms with Gasteiger partial charge >= 0.3 is 0 Å². The van der Waals surface area contributed by atoms with E-state index in [2.05, 4.69) is 10.2 Å². The minimum atomic E-state index is -0.477. The number of carbonyl (C=O) groups is 1. The Hall–Kier alpha value is -5.15. The van der Waals surface area contributed by atoms with E-state index in [9.17, 15) is 28.3 Å². The average molecular weight is 1050 g/mol. The lowest BCUT2D eigenvalue weighted by Crippen LogP contribution is -2.47. The second-order valence-electron chi connectivity index (χ2n) is 16.5. The Balaban J connectivity index is 0.000000167. The van der Waals surface area contributed by atoms with Crippen molar-refractivity contribution < 1.29 is 23.8 Å². The normalized spacial score (nSPS) is 13.8. The summed E-state index contributed by atoms with van der Waals surface area (Å²) in [5.74, 6) is -0.0736. The second-order valence-corrected chi connectivity index (χ2v) is 19.0. The lowest BCUT2D eigenvalue weighted by molar-refractivity contribution is 0.0479. The summed E-state index contributed by atoms with van der Waals surface area (Å²) in [6.07, 6.45) is 0.663. The number of aliphatic hydroxyl groups excluding tert-OH is 2. The molecule has 0 amide bonds. The number of aliphatic hydroxyl groups is 2. The summed E-state index contributed by atoms with van der Waals surface area (Å²) >= 11 is 38.3. The van der Waals surface area contributed by atoms with Gasteiger partial charge in [0.1, 0.15) is 17.9 Å². The highest BCUT2D eigenvalue weighted by Gasteiger charge is 2.27. The van der Waals surface area contributed by atoms with Gasteiger partial charge in [-0.25, -0.2) is 8.78 Å². The lowest BCUT2D eigenvalue weighted by Gasteiger charge is -2.38. The van der Waals surface area contributed by atoms with E-state index >= 15 is 0 Å². The molecule has 2 fully saturated rings. The Kier molecular flexibility index (Phi) is 15.9. The van der Waals surface area contributed by atoms with Crippen molar-refractivity contribution in [3.8, 4) is 33.6 Å². The van der Waals surface area contributed by atoms with Crippen molar-refractivity contribution >= 4 is 97.7 Å². The van der Waals surface area contributed by atoms with Crippen LogP contribution in [0.4, 0.5) is 8.78 Å². The zero-order chi connectivity index (χ0) is 49.1. The van der Waals surface area contributed by atoms with Crippen LogP contribution in [0.2, 0.25) is 30.1 Å². The van der Waals surface area contributed by atoms with Gasteiger partial charge in [-0.3, -0.25) is 28.4 Å². The minimum absolute atomic E-state index is 0.162. The van der Waals surface area contributed by atoms with Gasteiger partial charge in [-0.05, 0) is 114 Å². The Bertz CT molecular complexity index is 3330. The molecule has 0 spiro atoms. The van der Waals surface area contributed by atoms with Gasteiger partial charge in [0.2, 0.25) is 0 Å². The fourth-order valence-corrected chi connectivity index (χ4v) is 9.99. The van der Waals surface area contributed by atoms with E-state index in [4.69, 9.17) is 74.7 Å². The van der Waals surface area contributed by atoms with Crippen LogP contribution in [0, 0.1) is 23.5 Å². The van der Waals surface area contributed by atoms with Crippen LogP contribution in [0.1, 0.15) is 15.9 Å². The van der Waals surface area contributed by atoms with E-state index in [1.807, 2.05) is 12.1 Å². The summed E-state index contributed by atoms with van der Waals surface area (Å²) in [4.78, 5) is 39.7. The molecule has 354 valence electrons. The van der Waals surface area contributed by atoms with Crippen molar-refractivity contribution in [3.05, 3.63) is 195 Å². The number of benzene rings is 6. The van der Waals surface area contributed by atoms with Gasteiger partial charge < -0.3 is 15.5 Å². The molecule has 0 bridgehead atoms. The van der Waals surface area contributed by atoms with Gasteiger partial charge in [0, 0.05) is 97.4 Å². The van der Waals surface area contributed by atoms with Crippen molar-refractivity contribution in [2.45, 2.75) is 6.54 Å². The maximum atomic E-state index is 13.8. The highest BCUT2D eigenvalue weighted by Crippen LogP contribution is 2.39. The topological polar surface area (TPSA) is 117 Å². The van der Waals surface area contributed by atoms with Crippen LogP contribution in [-0.2, 0) is 6.54 Å². The molecular weight excluding hydrogens is 1010 g/mol. The van der Waals surface area contributed by atoms with E-state index < -0.39 is 11.6 Å². The van der Waals surface area contributed by atoms with Crippen molar-refractivity contribution in [2.75, 3.05) is 39.4 Å². The van der Waals surface area contributed by atoms with Crippen LogP contribution in [-0.4, -0.2) is 69.9 Å². The number of para-hydroxylation sites is 2. The number of nitrogens with one attached hydrogen (secondary N) is 1. The zero-order valence-electron chi connectivity index (χ0n) is 36.2. The molecular formula is C52H40Cl6F2N4O5. The third-order valence-electron chi connectivity index (χ3n) is 11.8. The molecule has 4 heterocycles. The van der Waals surface area contributed by atoms with E-state index in [0.29, 0.717) is 85.4 Å². The zero-order valence-corrected chi connectivity index (χ0v) is 40.7. The maximum absolute atomic E-state index is 13.8. The molecule has 6 aromatic carbocycles. The maximum Gasteiger partial charge on any atom is 0.255 e. The predicted molar refractivity (Wildman–Crippen MR) is 275 cm³/mol. The van der Waals surface area contributed by atoms with E-state index in [0.717, 1.165) is 42.7 Å². The average Bonchev–Trinajstić information content (AvgIpc) is 3.28. The number of aldehydes is 1. The number of hydrogen-bond donors (Lipinski definition) is 3. The first kappa shape index (κ1) is 50.2. The number of rotatable bonds is 9.